The summed E-state index contributed by atoms with van der Waals surface area (Å²) in [5, 5.41) is 0. The van der Waals surface area contributed by atoms with E-state index >= 15 is 0 Å². The molecule has 0 heterocycles. The van der Waals surface area contributed by atoms with Gasteiger partial charge in [0.05, 0.1) is 0 Å². The second-order valence-corrected chi connectivity index (χ2v) is 3.92. The van der Waals surface area contributed by atoms with Crippen molar-refractivity contribution in [3.05, 3.63) is 0 Å². The van der Waals surface area contributed by atoms with Crippen LogP contribution in [0.1, 0.15) is 19.8 Å². The van der Waals surface area contributed by atoms with E-state index in [1.54, 1.807) is 11.9 Å². The molecule has 0 bridgehead atoms. The van der Waals surface area contributed by atoms with E-state index in [0.717, 1.165) is 0 Å². The fraction of sp³-hybridized carbons (Fsp3) is 0.800. The van der Waals surface area contributed by atoms with Crippen molar-refractivity contribution in [3.63, 3.8) is 0 Å². The van der Waals surface area contributed by atoms with E-state index in [1.807, 2.05) is 18.9 Å². The highest BCUT2D eigenvalue weighted by Gasteiger charge is 2.27. The first-order valence-corrected chi connectivity index (χ1v) is 5.33. The zero-order valence-corrected chi connectivity index (χ0v) is 12.5. The van der Waals surface area contributed by atoms with Crippen LogP contribution in [-0.2, 0) is 4.79 Å². The van der Waals surface area contributed by atoms with Crippen LogP contribution in [0.25, 0.3) is 0 Å². The molecule has 1 aliphatic rings. The molecule has 1 fully saturated rings. The summed E-state index contributed by atoms with van der Waals surface area (Å²) in [6.07, 6.45) is 2.35. The summed E-state index contributed by atoms with van der Waals surface area (Å²) in [5.41, 5.74) is 5.75. The third-order valence-corrected chi connectivity index (χ3v) is 2.73. The van der Waals surface area contributed by atoms with Gasteiger partial charge in [0, 0.05) is 26.7 Å². The molecule has 1 saturated carbocycles. The predicted molar refractivity (Wildman–Crippen MR) is 76.0 cm³/mol. The number of halogens is 1. The number of carbonyl (C=O) groups excluding carboxylic acids is 1. The first-order valence-electron chi connectivity index (χ1n) is 5.33. The Balaban J connectivity index is 0.00000225. The lowest BCUT2D eigenvalue weighted by Crippen LogP contribution is -2.37. The average Bonchev–Trinajstić information content (AvgIpc) is 3.06. The fourth-order valence-corrected chi connectivity index (χ4v) is 1.21. The molecule has 0 aromatic rings. The van der Waals surface area contributed by atoms with Crippen LogP contribution >= 0.6 is 24.0 Å². The summed E-state index contributed by atoms with van der Waals surface area (Å²) in [7, 11) is 3.68. The first-order chi connectivity index (χ1) is 7.06. The quantitative estimate of drug-likeness (QED) is 0.460. The average molecular weight is 340 g/mol. The molecule has 0 saturated heterocycles. The highest BCUT2D eigenvalue weighted by molar-refractivity contribution is 14.0. The minimum absolute atomic E-state index is 0. The zero-order chi connectivity index (χ0) is 11.4. The highest BCUT2D eigenvalue weighted by atomic mass is 127. The zero-order valence-electron chi connectivity index (χ0n) is 10.1. The van der Waals surface area contributed by atoms with Crippen LogP contribution in [-0.4, -0.2) is 54.9 Å². The lowest BCUT2D eigenvalue weighted by molar-refractivity contribution is -0.128. The Morgan fingerprint density at radius 1 is 1.44 bits per heavy atom. The van der Waals surface area contributed by atoms with E-state index in [9.17, 15) is 4.79 Å². The fourth-order valence-electron chi connectivity index (χ4n) is 1.21. The van der Waals surface area contributed by atoms with Crippen molar-refractivity contribution in [3.8, 4) is 0 Å². The molecule has 0 unspecified atom stereocenters. The molecule has 16 heavy (non-hydrogen) atoms. The van der Waals surface area contributed by atoms with E-state index in [-0.39, 0.29) is 36.4 Å². The van der Waals surface area contributed by atoms with Crippen LogP contribution in [0, 0.1) is 0 Å². The number of hydrogen-bond acceptors (Lipinski definition) is 2. The minimum Gasteiger partial charge on any atom is -0.370 e. The summed E-state index contributed by atoms with van der Waals surface area (Å²) >= 11 is 0. The Kier molecular flexibility index (Phi) is 6.70. The van der Waals surface area contributed by atoms with Crippen molar-refractivity contribution >= 4 is 35.8 Å². The molecule has 5 nitrogen and oxygen atoms in total. The van der Waals surface area contributed by atoms with Gasteiger partial charge >= 0.3 is 0 Å². The molecule has 6 heteroatoms. The summed E-state index contributed by atoms with van der Waals surface area (Å²) in [6, 6.07) is 0.535. The number of aliphatic imine (C=N–C) groups is 1. The third-order valence-electron chi connectivity index (χ3n) is 2.73. The summed E-state index contributed by atoms with van der Waals surface area (Å²) < 4.78 is 0. The number of rotatable bonds is 4. The van der Waals surface area contributed by atoms with Gasteiger partial charge in [0.15, 0.2) is 5.96 Å². The van der Waals surface area contributed by atoms with Crippen LogP contribution in [0.4, 0.5) is 0 Å². The number of nitrogens with zero attached hydrogens (tertiary/aromatic N) is 3. The van der Waals surface area contributed by atoms with Crippen molar-refractivity contribution in [2.75, 3.05) is 27.2 Å². The maximum absolute atomic E-state index is 11.4. The lowest BCUT2D eigenvalue weighted by Gasteiger charge is -2.17. The number of hydrogen-bond donors (Lipinski definition) is 1. The molecule has 2 N–H and O–H groups in total. The molecule has 0 radical (unpaired) electrons. The molecular weight excluding hydrogens is 319 g/mol. The van der Waals surface area contributed by atoms with E-state index in [4.69, 9.17) is 5.73 Å². The Labute approximate surface area is 114 Å². The van der Waals surface area contributed by atoms with Crippen molar-refractivity contribution < 1.29 is 4.79 Å². The molecule has 0 atom stereocenters. The minimum atomic E-state index is 0. The topological polar surface area (TPSA) is 61.9 Å². The Hall–Kier alpha value is -0.530. The maximum Gasteiger partial charge on any atom is 0.244 e. The molecule has 0 aromatic heterocycles. The van der Waals surface area contributed by atoms with E-state index in [1.165, 1.54) is 12.8 Å². The Bertz CT molecular complexity index is 266. The highest BCUT2D eigenvalue weighted by Crippen LogP contribution is 2.24. The van der Waals surface area contributed by atoms with Gasteiger partial charge in [-0.3, -0.25) is 4.79 Å². The molecular formula is C10H21IN4O. The van der Waals surface area contributed by atoms with Gasteiger partial charge in [-0.2, -0.15) is 0 Å². The van der Waals surface area contributed by atoms with Crippen molar-refractivity contribution in [1.29, 1.82) is 0 Å². The predicted octanol–water partition coefficient (Wildman–Crippen LogP) is 0.492. The smallest absolute Gasteiger partial charge is 0.244 e. The van der Waals surface area contributed by atoms with Gasteiger partial charge in [0.1, 0.15) is 6.54 Å². The van der Waals surface area contributed by atoms with Crippen molar-refractivity contribution in [1.82, 2.24) is 9.80 Å². The Morgan fingerprint density at radius 3 is 2.44 bits per heavy atom. The SMILES string of the molecule is CCN(C)C(=O)CN=C(N)N(C)C1CC1.I. The largest absolute Gasteiger partial charge is 0.370 e. The molecule has 1 rings (SSSR count). The first kappa shape index (κ1) is 15.5. The Morgan fingerprint density at radius 2 is 2.00 bits per heavy atom. The maximum atomic E-state index is 11.4. The van der Waals surface area contributed by atoms with Crippen molar-refractivity contribution in [2.45, 2.75) is 25.8 Å². The van der Waals surface area contributed by atoms with Gasteiger partial charge in [-0.05, 0) is 19.8 Å². The normalized spacial score (nSPS) is 15.3. The van der Waals surface area contributed by atoms with Gasteiger partial charge in [0.2, 0.25) is 5.91 Å². The van der Waals surface area contributed by atoms with Crippen LogP contribution < -0.4 is 5.73 Å². The molecule has 94 valence electrons. The van der Waals surface area contributed by atoms with E-state index in [2.05, 4.69) is 4.99 Å². The molecule has 0 spiro atoms. The molecule has 0 aliphatic heterocycles. The van der Waals surface area contributed by atoms with Crippen LogP contribution in [0.3, 0.4) is 0 Å². The van der Waals surface area contributed by atoms with Gasteiger partial charge in [-0.1, -0.05) is 0 Å². The van der Waals surface area contributed by atoms with Gasteiger partial charge in [-0.15, -0.1) is 24.0 Å². The van der Waals surface area contributed by atoms with Gasteiger partial charge in [-0.25, -0.2) is 4.99 Å². The van der Waals surface area contributed by atoms with Gasteiger partial charge in [0.25, 0.3) is 0 Å². The number of likely N-dealkylation sites (N-methyl/N-ethyl adjacent to an activating group) is 1. The number of guanidine groups is 1. The second-order valence-electron chi connectivity index (χ2n) is 3.92. The standard InChI is InChI=1S/C10H20N4O.HI/c1-4-13(2)9(15)7-12-10(11)14(3)8-5-6-8;/h8H,4-7H2,1-3H3,(H2,11,12);1H. The summed E-state index contributed by atoms with van der Waals surface area (Å²) in [6.45, 7) is 2.78. The van der Waals surface area contributed by atoms with Crippen LogP contribution in [0.2, 0.25) is 0 Å². The van der Waals surface area contributed by atoms with Crippen LogP contribution in [0.5, 0.6) is 0 Å². The molecule has 1 amide bonds. The second kappa shape index (κ2) is 6.93. The van der Waals surface area contributed by atoms with E-state index < -0.39 is 0 Å². The monoisotopic (exact) mass is 340 g/mol. The number of carbonyl (C=O) groups is 1. The number of nitrogens with two attached hydrogens (primary N) is 1. The van der Waals surface area contributed by atoms with Crippen molar-refractivity contribution in [2.24, 2.45) is 10.7 Å². The lowest BCUT2D eigenvalue weighted by atomic mass is 10.5. The van der Waals surface area contributed by atoms with Crippen LogP contribution in [0.15, 0.2) is 4.99 Å². The van der Waals surface area contributed by atoms with Gasteiger partial charge < -0.3 is 15.5 Å². The summed E-state index contributed by atoms with van der Waals surface area (Å²) in [5.74, 6) is 0.472. The molecule has 1 aliphatic carbocycles. The van der Waals surface area contributed by atoms with E-state index in [0.29, 0.717) is 18.5 Å². The summed E-state index contributed by atoms with van der Waals surface area (Å²) in [4.78, 5) is 19.1. The molecule has 0 aromatic carbocycles. The third kappa shape index (κ3) is 4.54. The number of amides is 1.